The molecule has 27 heavy (non-hydrogen) atoms. The summed E-state index contributed by atoms with van der Waals surface area (Å²) in [5.41, 5.74) is 4.45. The van der Waals surface area contributed by atoms with Crippen molar-refractivity contribution in [3.63, 3.8) is 0 Å². The van der Waals surface area contributed by atoms with Crippen molar-refractivity contribution in [1.82, 2.24) is 4.57 Å². The molecule has 0 bridgehead atoms. The number of ether oxygens (including phenoxy) is 2. The Hall–Kier alpha value is -2.60. The van der Waals surface area contributed by atoms with Crippen LogP contribution in [0.2, 0.25) is 0 Å². The van der Waals surface area contributed by atoms with Crippen molar-refractivity contribution in [1.29, 1.82) is 0 Å². The summed E-state index contributed by atoms with van der Waals surface area (Å²) < 4.78 is 13.6. The first-order chi connectivity index (χ1) is 13.0. The Balaban J connectivity index is 1.97. The van der Waals surface area contributed by atoms with Gasteiger partial charge in [-0.1, -0.05) is 6.92 Å². The maximum atomic E-state index is 12.3. The average molecular weight is 369 g/mol. The number of aromatic nitrogens is 1. The lowest BCUT2D eigenvalue weighted by Gasteiger charge is -2.28. The highest BCUT2D eigenvalue weighted by molar-refractivity contribution is 5.87. The van der Waals surface area contributed by atoms with E-state index in [-0.39, 0.29) is 11.7 Å². The standard InChI is InChI=1S/C21H23NO5/c1-3-12-13-6-7-22-11-16(21(24)25)18(23)10-17(22)14(13)9-15(20(12)26-2)19-5-4-8-27-19/h9-11,19H,3-8H2,1-2H3,(H,24,25). The third-order valence-electron chi connectivity index (χ3n) is 5.60. The molecule has 0 amide bonds. The molecular weight excluding hydrogens is 346 g/mol. The summed E-state index contributed by atoms with van der Waals surface area (Å²) in [5.74, 6) is -0.300. The molecule has 1 saturated heterocycles. The lowest BCUT2D eigenvalue weighted by atomic mass is 9.86. The molecule has 1 aromatic heterocycles. The molecule has 2 aliphatic rings. The lowest BCUT2D eigenvalue weighted by molar-refractivity contribution is 0.0694. The molecule has 6 nitrogen and oxygen atoms in total. The van der Waals surface area contributed by atoms with Gasteiger partial charge in [-0.05, 0) is 42.9 Å². The maximum Gasteiger partial charge on any atom is 0.341 e. The fourth-order valence-corrected chi connectivity index (χ4v) is 4.36. The van der Waals surface area contributed by atoms with Crippen LogP contribution in [0.5, 0.6) is 5.75 Å². The largest absolute Gasteiger partial charge is 0.496 e. The molecule has 3 heterocycles. The fraction of sp³-hybridized carbons (Fsp3) is 0.429. The first-order valence-corrected chi connectivity index (χ1v) is 9.37. The van der Waals surface area contributed by atoms with Crippen molar-refractivity contribution in [3.05, 3.63) is 50.8 Å². The molecule has 1 aromatic carbocycles. The molecule has 6 heteroatoms. The molecular formula is C21H23NO5. The van der Waals surface area contributed by atoms with E-state index < -0.39 is 11.4 Å². The number of fused-ring (bicyclic) bond motifs is 3. The third kappa shape index (κ3) is 2.84. The second kappa shape index (κ2) is 6.85. The van der Waals surface area contributed by atoms with Crippen LogP contribution in [0, 0.1) is 0 Å². The van der Waals surface area contributed by atoms with Crippen LogP contribution in [0.1, 0.15) is 52.9 Å². The second-order valence-electron chi connectivity index (χ2n) is 7.04. The summed E-state index contributed by atoms with van der Waals surface area (Å²) >= 11 is 0. The first-order valence-electron chi connectivity index (χ1n) is 9.37. The zero-order chi connectivity index (χ0) is 19.1. The topological polar surface area (TPSA) is 77.8 Å². The van der Waals surface area contributed by atoms with Crippen LogP contribution in [0.4, 0.5) is 0 Å². The monoisotopic (exact) mass is 369 g/mol. The number of pyridine rings is 1. The molecule has 4 rings (SSSR count). The molecule has 1 atom stereocenters. The van der Waals surface area contributed by atoms with E-state index in [1.165, 1.54) is 17.8 Å². The number of aryl methyl sites for hydroxylation is 1. The van der Waals surface area contributed by atoms with Gasteiger partial charge in [0.1, 0.15) is 11.3 Å². The minimum absolute atomic E-state index is 0.00376. The quantitative estimate of drug-likeness (QED) is 0.895. The smallest absolute Gasteiger partial charge is 0.341 e. The van der Waals surface area contributed by atoms with Crippen molar-refractivity contribution in [2.24, 2.45) is 0 Å². The number of benzene rings is 1. The predicted octanol–water partition coefficient (Wildman–Crippen LogP) is 3.19. The van der Waals surface area contributed by atoms with Gasteiger partial charge in [-0.3, -0.25) is 4.79 Å². The zero-order valence-electron chi connectivity index (χ0n) is 15.6. The highest BCUT2D eigenvalue weighted by atomic mass is 16.5. The van der Waals surface area contributed by atoms with Gasteiger partial charge < -0.3 is 19.1 Å². The van der Waals surface area contributed by atoms with E-state index in [2.05, 4.69) is 13.0 Å². The number of nitrogens with zero attached hydrogens (tertiary/aromatic N) is 1. The Morgan fingerprint density at radius 2 is 2.22 bits per heavy atom. The molecule has 2 aliphatic heterocycles. The Morgan fingerprint density at radius 1 is 1.41 bits per heavy atom. The third-order valence-corrected chi connectivity index (χ3v) is 5.60. The molecule has 0 spiro atoms. The van der Waals surface area contributed by atoms with Crippen molar-refractivity contribution in [2.75, 3.05) is 13.7 Å². The van der Waals surface area contributed by atoms with Gasteiger partial charge in [0, 0.05) is 36.5 Å². The zero-order valence-corrected chi connectivity index (χ0v) is 15.6. The number of carboxylic acid groups (broad SMARTS) is 1. The molecule has 0 radical (unpaired) electrons. The fourth-order valence-electron chi connectivity index (χ4n) is 4.36. The Labute approximate surface area is 157 Å². The maximum absolute atomic E-state index is 12.3. The summed E-state index contributed by atoms with van der Waals surface area (Å²) in [6.45, 7) is 3.48. The molecule has 0 saturated carbocycles. The van der Waals surface area contributed by atoms with E-state index in [0.717, 1.165) is 60.4 Å². The number of rotatable bonds is 4. The second-order valence-corrected chi connectivity index (χ2v) is 7.04. The van der Waals surface area contributed by atoms with Gasteiger partial charge in [0.15, 0.2) is 5.43 Å². The summed E-state index contributed by atoms with van der Waals surface area (Å²) in [7, 11) is 1.69. The van der Waals surface area contributed by atoms with E-state index in [4.69, 9.17) is 9.47 Å². The number of hydrogen-bond acceptors (Lipinski definition) is 4. The van der Waals surface area contributed by atoms with Crippen molar-refractivity contribution in [2.45, 2.75) is 45.3 Å². The van der Waals surface area contributed by atoms with Gasteiger partial charge >= 0.3 is 5.97 Å². The van der Waals surface area contributed by atoms with Gasteiger partial charge in [-0.2, -0.15) is 0 Å². The van der Waals surface area contributed by atoms with Crippen molar-refractivity contribution < 1.29 is 19.4 Å². The molecule has 1 fully saturated rings. The summed E-state index contributed by atoms with van der Waals surface area (Å²) in [6, 6.07) is 3.53. The Morgan fingerprint density at radius 3 is 2.85 bits per heavy atom. The van der Waals surface area contributed by atoms with Crippen molar-refractivity contribution in [3.8, 4) is 17.0 Å². The lowest BCUT2D eigenvalue weighted by Crippen LogP contribution is -2.23. The van der Waals surface area contributed by atoms with Gasteiger partial charge in [0.25, 0.3) is 0 Å². The van der Waals surface area contributed by atoms with Crippen LogP contribution in [-0.4, -0.2) is 29.4 Å². The van der Waals surface area contributed by atoms with Crippen molar-refractivity contribution >= 4 is 5.97 Å². The van der Waals surface area contributed by atoms with Gasteiger partial charge in [-0.25, -0.2) is 4.79 Å². The SMILES string of the molecule is CCc1c2c(cc(C3CCCO3)c1OC)-c1cc(=O)c(C(=O)O)cn1CC2. The number of aromatic carboxylic acids is 1. The first kappa shape index (κ1) is 17.8. The van der Waals surface area contributed by atoms with Gasteiger partial charge in [0.05, 0.1) is 18.9 Å². The Bertz CT molecular complexity index is 970. The summed E-state index contributed by atoms with van der Waals surface area (Å²) in [5, 5.41) is 9.25. The van der Waals surface area contributed by atoms with E-state index in [1.54, 1.807) is 7.11 Å². The van der Waals surface area contributed by atoms with E-state index in [9.17, 15) is 14.7 Å². The average Bonchev–Trinajstić information content (AvgIpc) is 3.20. The highest BCUT2D eigenvalue weighted by Crippen LogP contribution is 2.43. The molecule has 1 unspecified atom stereocenters. The van der Waals surface area contributed by atoms with Gasteiger partial charge in [-0.15, -0.1) is 0 Å². The molecule has 1 N–H and O–H groups in total. The number of hydrogen-bond donors (Lipinski definition) is 1. The molecule has 2 aromatic rings. The van der Waals surface area contributed by atoms with Crippen LogP contribution in [0.25, 0.3) is 11.3 Å². The van der Waals surface area contributed by atoms with E-state index in [1.807, 2.05) is 4.57 Å². The van der Waals surface area contributed by atoms with Crippen LogP contribution >= 0.6 is 0 Å². The Kier molecular flexibility index (Phi) is 4.52. The highest BCUT2D eigenvalue weighted by Gasteiger charge is 2.29. The minimum Gasteiger partial charge on any atom is -0.496 e. The van der Waals surface area contributed by atoms with Crippen LogP contribution in [0.3, 0.4) is 0 Å². The van der Waals surface area contributed by atoms with Crippen LogP contribution in [-0.2, 0) is 24.1 Å². The van der Waals surface area contributed by atoms with E-state index >= 15 is 0 Å². The number of carbonyl (C=O) groups is 1. The molecule has 142 valence electrons. The predicted molar refractivity (Wildman–Crippen MR) is 101 cm³/mol. The van der Waals surface area contributed by atoms with Crippen LogP contribution in [0.15, 0.2) is 23.1 Å². The summed E-state index contributed by atoms with van der Waals surface area (Å²) in [6.07, 6.45) is 5.02. The normalized spacial score (nSPS) is 18.1. The van der Waals surface area contributed by atoms with Crippen LogP contribution < -0.4 is 10.2 Å². The number of methoxy groups -OCH3 is 1. The summed E-state index contributed by atoms with van der Waals surface area (Å²) in [4.78, 5) is 23.6. The van der Waals surface area contributed by atoms with E-state index in [0.29, 0.717) is 6.54 Å². The number of carboxylic acids is 1. The minimum atomic E-state index is -1.19. The molecule has 0 aliphatic carbocycles. The van der Waals surface area contributed by atoms with Gasteiger partial charge in [0.2, 0.25) is 0 Å².